The van der Waals surface area contributed by atoms with Gasteiger partial charge in [0.1, 0.15) is 0 Å². The Morgan fingerprint density at radius 1 is 1.00 bits per heavy atom. The summed E-state index contributed by atoms with van der Waals surface area (Å²) < 4.78 is 6.92. The van der Waals surface area contributed by atoms with Crippen molar-refractivity contribution in [2.75, 3.05) is 13.7 Å². The summed E-state index contributed by atoms with van der Waals surface area (Å²) in [6, 6.07) is 18.3. The lowest BCUT2D eigenvalue weighted by molar-refractivity contribution is 0.177. The Morgan fingerprint density at radius 3 is 2.54 bits per heavy atom. The van der Waals surface area contributed by atoms with E-state index in [1.54, 1.807) is 11.8 Å². The molecule has 0 radical (unpaired) electrons. The lowest BCUT2D eigenvalue weighted by Gasteiger charge is -2.22. The fraction of sp³-hybridized carbons (Fsp3) is 0.316. The van der Waals surface area contributed by atoms with Crippen molar-refractivity contribution >= 4 is 11.6 Å². The first-order valence-corrected chi connectivity index (χ1v) is 8.87. The van der Waals surface area contributed by atoms with Crippen LogP contribution in [0.15, 0.2) is 54.6 Å². The Hall–Kier alpha value is -2.28. The Balaban J connectivity index is 1.78. The third-order valence-corrected chi connectivity index (χ3v) is 4.45. The van der Waals surface area contributed by atoms with Crippen molar-refractivity contribution in [2.45, 2.75) is 26.2 Å². The zero-order valence-electron chi connectivity index (χ0n) is 14.8. The molecule has 1 heterocycles. The van der Waals surface area contributed by atoms with Crippen LogP contribution >= 0.6 is 11.6 Å². The molecule has 0 aliphatic carbocycles. The van der Waals surface area contributed by atoms with Crippen molar-refractivity contribution < 1.29 is 4.74 Å². The van der Waals surface area contributed by atoms with Crippen molar-refractivity contribution in [1.29, 1.82) is 0 Å². The highest BCUT2D eigenvalue weighted by molar-refractivity contribution is 6.31. The molecule has 7 heteroatoms. The highest BCUT2D eigenvalue weighted by Crippen LogP contribution is 2.19. The molecule has 0 aliphatic heterocycles. The molecule has 26 heavy (non-hydrogen) atoms. The van der Waals surface area contributed by atoms with Gasteiger partial charge in [-0.3, -0.25) is 4.90 Å². The molecule has 0 saturated heterocycles. The fourth-order valence-corrected chi connectivity index (χ4v) is 2.96. The van der Waals surface area contributed by atoms with Gasteiger partial charge < -0.3 is 4.74 Å². The summed E-state index contributed by atoms with van der Waals surface area (Å²) in [5.41, 5.74) is 2.32. The van der Waals surface area contributed by atoms with E-state index in [0.29, 0.717) is 26.2 Å². The molecule has 0 atom stereocenters. The molecular formula is C19H22ClN5O. The number of rotatable bonds is 9. The maximum absolute atomic E-state index is 6.36. The third kappa shape index (κ3) is 5.11. The van der Waals surface area contributed by atoms with Gasteiger partial charge in [0.2, 0.25) is 0 Å². The van der Waals surface area contributed by atoms with Gasteiger partial charge >= 0.3 is 0 Å². The number of hydrogen-bond acceptors (Lipinski definition) is 5. The first kappa shape index (κ1) is 18.5. The summed E-state index contributed by atoms with van der Waals surface area (Å²) in [7, 11) is 1.67. The van der Waals surface area contributed by atoms with Gasteiger partial charge in [0.15, 0.2) is 5.82 Å². The lowest BCUT2D eigenvalue weighted by Crippen LogP contribution is -2.25. The molecule has 0 fully saturated rings. The number of methoxy groups -OCH3 is 1. The smallest absolute Gasteiger partial charge is 0.165 e. The molecule has 0 saturated carbocycles. The summed E-state index contributed by atoms with van der Waals surface area (Å²) in [4.78, 5) is 2.28. The van der Waals surface area contributed by atoms with Crippen LogP contribution in [0.4, 0.5) is 0 Å². The number of nitrogens with zero attached hydrogens (tertiary/aromatic N) is 5. The second kappa shape index (κ2) is 9.43. The molecule has 0 amide bonds. The number of ether oxygens (including phenoxy) is 1. The Morgan fingerprint density at radius 2 is 1.77 bits per heavy atom. The SMILES string of the molecule is COCCn1nnnc1CN(Cc1ccccc1)Cc1ccccc1Cl. The van der Waals surface area contributed by atoms with Crippen LogP contribution in [0.3, 0.4) is 0 Å². The Labute approximate surface area is 158 Å². The van der Waals surface area contributed by atoms with Gasteiger partial charge in [-0.15, -0.1) is 5.10 Å². The van der Waals surface area contributed by atoms with E-state index in [1.807, 2.05) is 42.5 Å². The number of tetrazole rings is 1. The van der Waals surface area contributed by atoms with E-state index in [0.717, 1.165) is 23.0 Å². The zero-order chi connectivity index (χ0) is 18.2. The summed E-state index contributed by atoms with van der Waals surface area (Å²) in [5.74, 6) is 0.810. The van der Waals surface area contributed by atoms with Crippen LogP contribution in [0.2, 0.25) is 5.02 Å². The predicted octanol–water partition coefficient (Wildman–Crippen LogP) is 3.18. The van der Waals surface area contributed by atoms with Crippen molar-refractivity contribution in [3.05, 3.63) is 76.6 Å². The monoisotopic (exact) mass is 371 g/mol. The summed E-state index contributed by atoms with van der Waals surface area (Å²) in [6.07, 6.45) is 0. The first-order chi connectivity index (χ1) is 12.8. The Bertz CT molecular complexity index is 808. The minimum absolute atomic E-state index is 0.571. The maximum atomic E-state index is 6.36. The molecular weight excluding hydrogens is 350 g/mol. The van der Waals surface area contributed by atoms with Gasteiger partial charge in [-0.05, 0) is 27.6 Å². The average Bonchev–Trinajstić information content (AvgIpc) is 3.09. The number of benzene rings is 2. The molecule has 0 spiro atoms. The molecule has 0 bridgehead atoms. The minimum atomic E-state index is 0.571. The van der Waals surface area contributed by atoms with Gasteiger partial charge in [-0.2, -0.15) is 0 Å². The molecule has 0 unspecified atom stereocenters. The van der Waals surface area contributed by atoms with E-state index in [4.69, 9.17) is 16.3 Å². The average molecular weight is 372 g/mol. The summed E-state index contributed by atoms with van der Waals surface area (Å²) in [5, 5.41) is 12.8. The minimum Gasteiger partial charge on any atom is -0.383 e. The normalized spacial score (nSPS) is 11.2. The first-order valence-electron chi connectivity index (χ1n) is 8.50. The van der Waals surface area contributed by atoms with Crippen LogP contribution < -0.4 is 0 Å². The zero-order valence-corrected chi connectivity index (χ0v) is 15.5. The molecule has 2 aromatic carbocycles. The van der Waals surface area contributed by atoms with Gasteiger partial charge in [0.25, 0.3) is 0 Å². The topological polar surface area (TPSA) is 56.1 Å². The number of hydrogen-bond donors (Lipinski definition) is 0. The van der Waals surface area contributed by atoms with Crippen molar-refractivity contribution in [1.82, 2.24) is 25.1 Å². The molecule has 1 aromatic heterocycles. The standard InChI is InChI=1S/C19H22ClN5O/c1-26-12-11-25-19(21-22-23-25)15-24(13-16-7-3-2-4-8-16)14-17-9-5-6-10-18(17)20/h2-10H,11-15H2,1H3. The highest BCUT2D eigenvalue weighted by Gasteiger charge is 2.14. The summed E-state index contributed by atoms with van der Waals surface area (Å²) >= 11 is 6.36. The molecule has 136 valence electrons. The second-order valence-electron chi connectivity index (χ2n) is 6.03. The van der Waals surface area contributed by atoms with E-state index in [9.17, 15) is 0 Å². The maximum Gasteiger partial charge on any atom is 0.165 e. The molecule has 6 nitrogen and oxygen atoms in total. The van der Waals surface area contributed by atoms with Gasteiger partial charge in [-0.1, -0.05) is 60.1 Å². The summed E-state index contributed by atoms with van der Waals surface area (Å²) in [6.45, 7) is 3.32. The molecule has 0 aliphatic rings. The van der Waals surface area contributed by atoms with Crippen LogP contribution in [0.5, 0.6) is 0 Å². The van der Waals surface area contributed by atoms with Gasteiger partial charge in [0, 0.05) is 25.2 Å². The highest BCUT2D eigenvalue weighted by atomic mass is 35.5. The van der Waals surface area contributed by atoms with E-state index in [2.05, 4.69) is 32.6 Å². The second-order valence-corrected chi connectivity index (χ2v) is 6.44. The third-order valence-electron chi connectivity index (χ3n) is 4.08. The van der Waals surface area contributed by atoms with Crippen LogP contribution in [0.1, 0.15) is 17.0 Å². The van der Waals surface area contributed by atoms with E-state index in [-0.39, 0.29) is 0 Å². The fourth-order valence-electron chi connectivity index (χ4n) is 2.76. The van der Waals surface area contributed by atoms with Crippen LogP contribution in [0, 0.1) is 0 Å². The largest absolute Gasteiger partial charge is 0.383 e. The van der Waals surface area contributed by atoms with E-state index >= 15 is 0 Å². The molecule has 0 N–H and O–H groups in total. The van der Waals surface area contributed by atoms with Crippen molar-refractivity contribution in [3.63, 3.8) is 0 Å². The van der Waals surface area contributed by atoms with E-state index in [1.165, 1.54) is 5.56 Å². The lowest BCUT2D eigenvalue weighted by atomic mass is 10.1. The van der Waals surface area contributed by atoms with Crippen LogP contribution in [-0.4, -0.2) is 38.8 Å². The Kier molecular flexibility index (Phi) is 6.71. The van der Waals surface area contributed by atoms with Crippen LogP contribution in [0.25, 0.3) is 0 Å². The van der Waals surface area contributed by atoms with Gasteiger partial charge in [-0.25, -0.2) is 4.68 Å². The molecule has 3 aromatic rings. The van der Waals surface area contributed by atoms with Crippen molar-refractivity contribution in [2.24, 2.45) is 0 Å². The quantitative estimate of drug-likeness (QED) is 0.578. The van der Waals surface area contributed by atoms with E-state index < -0.39 is 0 Å². The number of aromatic nitrogens is 4. The molecule has 3 rings (SSSR count). The van der Waals surface area contributed by atoms with Gasteiger partial charge in [0.05, 0.1) is 19.7 Å². The van der Waals surface area contributed by atoms with Crippen molar-refractivity contribution in [3.8, 4) is 0 Å². The van der Waals surface area contributed by atoms with Crippen LogP contribution in [-0.2, 0) is 30.9 Å². The number of halogens is 1. The predicted molar refractivity (Wildman–Crippen MR) is 101 cm³/mol.